The number of nitrogens with zero attached hydrogens (tertiary/aromatic N) is 3. The van der Waals surface area contributed by atoms with Crippen LogP contribution in [0.3, 0.4) is 0 Å². The second-order valence-corrected chi connectivity index (χ2v) is 9.08. The maximum Gasteiger partial charge on any atom is 0.431 e. The number of aromatic nitrogens is 3. The lowest BCUT2D eigenvalue weighted by Crippen LogP contribution is -2.48. The van der Waals surface area contributed by atoms with Gasteiger partial charge in [0.1, 0.15) is 29.1 Å². The molecule has 3 aromatic rings. The first kappa shape index (κ1) is 19.8. The molecule has 168 valence electrons. The Morgan fingerprint density at radius 3 is 2.84 bits per heavy atom. The molecule has 2 aromatic heterocycles. The Bertz CT molecular complexity index is 1200. The Morgan fingerprint density at radius 2 is 2.12 bits per heavy atom. The molecule has 0 bridgehead atoms. The Hall–Kier alpha value is -2.85. The van der Waals surface area contributed by atoms with Gasteiger partial charge in [0, 0.05) is 23.6 Å². The van der Waals surface area contributed by atoms with Crippen molar-refractivity contribution in [3.63, 3.8) is 0 Å². The van der Waals surface area contributed by atoms with E-state index in [2.05, 4.69) is 14.9 Å². The van der Waals surface area contributed by atoms with E-state index in [0.717, 1.165) is 62.2 Å². The zero-order valence-electron chi connectivity index (χ0n) is 17.3. The van der Waals surface area contributed by atoms with Gasteiger partial charge in [-0.25, -0.2) is 4.57 Å². The summed E-state index contributed by atoms with van der Waals surface area (Å²) in [7, 11) is 0. The summed E-state index contributed by atoms with van der Waals surface area (Å²) in [6.07, 6.45) is -1.13. The van der Waals surface area contributed by atoms with E-state index in [1.807, 2.05) is 18.2 Å². The molecule has 1 spiro atoms. The Balaban J connectivity index is 1.36. The van der Waals surface area contributed by atoms with Crippen LogP contribution in [-0.4, -0.2) is 53.8 Å². The summed E-state index contributed by atoms with van der Waals surface area (Å²) < 4.78 is 52.6. The molecule has 2 fully saturated rings. The first-order valence-corrected chi connectivity index (χ1v) is 10.7. The molecular formula is C22H23F3N5O2+. The van der Waals surface area contributed by atoms with Crippen molar-refractivity contribution in [2.75, 3.05) is 38.6 Å². The Kier molecular flexibility index (Phi) is 4.22. The van der Waals surface area contributed by atoms with Crippen LogP contribution < -0.4 is 15.0 Å². The molecule has 0 amide bonds. The second kappa shape index (κ2) is 6.82. The summed E-state index contributed by atoms with van der Waals surface area (Å²) in [5.74, 6) is 0.973. The average molecular weight is 446 g/mol. The molecule has 5 heterocycles. The summed E-state index contributed by atoms with van der Waals surface area (Å²) >= 11 is 0. The number of anilines is 1. The monoisotopic (exact) mass is 446 g/mol. The fraction of sp³-hybridized carbons (Fsp3) is 0.455. The molecule has 2 saturated heterocycles. The van der Waals surface area contributed by atoms with Gasteiger partial charge in [-0.1, -0.05) is 11.1 Å². The number of nitrogens with one attached hydrogen (secondary N) is 1. The Labute approximate surface area is 181 Å². The Morgan fingerprint density at radius 1 is 1.28 bits per heavy atom. The minimum absolute atomic E-state index is 0.107. The van der Waals surface area contributed by atoms with Gasteiger partial charge in [-0.05, 0) is 37.6 Å². The van der Waals surface area contributed by atoms with Crippen molar-refractivity contribution in [1.29, 1.82) is 0 Å². The van der Waals surface area contributed by atoms with Crippen molar-refractivity contribution in [1.82, 2.24) is 14.9 Å². The van der Waals surface area contributed by atoms with Crippen LogP contribution in [-0.2, 0) is 17.3 Å². The third-order valence-corrected chi connectivity index (χ3v) is 6.98. The number of H-pyrrole nitrogens is 1. The van der Waals surface area contributed by atoms with Crippen LogP contribution in [0.25, 0.3) is 16.7 Å². The van der Waals surface area contributed by atoms with Crippen molar-refractivity contribution < 1.29 is 27.2 Å². The number of rotatable bonds is 2. The van der Waals surface area contributed by atoms with Gasteiger partial charge in [0.15, 0.2) is 0 Å². The highest BCUT2D eigenvalue weighted by atomic mass is 19.4. The van der Waals surface area contributed by atoms with Gasteiger partial charge in [0.2, 0.25) is 17.8 Å². The molecule has 3 aliphatic rings. The zero-order valence-corrected chi connectivity index (χ0v) is 17.3. The number of alkyl halides is 3. The molecule has 3 aliphatic heterocycles. The summed E-state index contributed by atoms with van der Waals surface area (Å²) in [4.78, 5) is 8.98. The number of hydrogen-bond donors (Lipinski definition) is 2. The van der Waals surface area contributed by atoms with Gasteiger partial charge >= 0.3 is 6.18 Å². The second-order valence-electron chi connectivity index (χ2n) is 9.08. The van der Waals surface area contributed by atoms with E-state index >= 15 is 0 Å². The highest BCUT2D eigenvalue weighted by molar-refractivity contribution is 5.85. The normalized spacial score (nSPS) is 22.7. The molecule has 0 radical (unpaired) electrons. The highest BCUT2D eigenvalue weighted by Gasteiger charge is 2.46. The van der Waals surface area contributed by atoms with E-state index in [4.69, 9.17) is 15.2 Å². The van der Waals surface area contributed by atoms with Gasteiger partial charge in [-0.2, -0.15) is 13.2 Å². The quantitative estimate of drug-likeness (QED) is 0.592. The number of likely N-dealkylation sites (tertiary alicyclic amines) is 1. The molecule has 1 atom stereocenters. The van der Waals surface area contributed by atoms with Crippen molar-refractivity contribution in [2.24, 2.45) is 5.41 Å². The number of halogens is 3. The molecule has 7 nitrogen and oxygen atoms in total. The molecule has 10 heteroatoms. The third kappa shape index (κ3) is 3.04. The standard InChI is InChI=1S/C22H22F3N5O2/c23-22(24,25)18-7-15-19(26)30(12-27-20(15)28-18)16-2-1-3-17-14(16)6-13(8-32-17)29-5-4-21(9-29)10-31-11-21/h1-3,7,12-13H,4-6,8-11H2,(H2,26,28)/p+1/t13-/m1/s1. The van der Waals surface area contributed by atoms with Gasteiger partial charge < -0.3 is 20.2 Å². The van der Waals surface area contributed by atoms with Crippen molar-refractivity contribution in [3.05, 3.63) is 41.9 Å². The predicted octanol–water partition coefficient (Wildman–Crippen LogP) is 2.47. The fourth-order valence-electron chi connectivity index (χ4n) is 5.14. The molecule has 0 saturated carbocycles. The number of nitrogens with two attached hydrogens (primary N) is 1. The van der Waals surface area contributed by atoms with Gasteiger partial charge in [-0.3, -0.25) is 4.90 Å². The highest BCUT2D eigenvalue weighted by Crippen LogP contribution is 2.40. The summed E-state index contributed by atoms with van der Waals surface area (Å²) in [5, 5.41) is 0.233. The maximum absolute atomic E-state index is 13.1. The van der Waals surface area contributed by atoms with E-state index in [1.165, 1.54) is 6.33 Å². The van der Waals surface area contributed by atoms with Crippen LogP contribution in [0.4, 0.5) is 19.0 Å². The smallest absolute Gasteiger partial charge is 0.431 e. The van der Waals surface area contributed by atoms with Crippen LogP contribution in [0.15, 0.2) is 30.6 Å². The SMILES string of the molecule is Nc1c2cc(C(F)(F)F)[nH]c2nc[n+]1-c1cccc2c1C[C@@H](N1CCC3(COC3)C1)CO2. The van der Waals surface area contributed by atoms with Crippen molar-refractivity contribution >= 4 is 16.9 Å². The van der Waals surface area contributed by atoms with Crippen LogP contribution in [0.5, 0.6) is 5.75 Å². The van der Waals surface area contributed by atoms with Crippen LogP contribution >= 0.6 is 0 Å². The van der Waals surface area contributed by atoms with E-state index in [0.29, 0.717) is 12.0 Å². The summed E-state index contributed by atoms with van der Waals surface area (Å²) in [6.45, 7) is 4.28. The summed E-state index contributed by atoms with van der Waals surface area (Å²) in [6, 6.07) is 6.91. The van der Waals surface area contributed by atoms with Gasteiger partial charge in [0.25, 0.3) is 0 Å². The number of aromatic amines is 1. The number of fused-ring (bicyclic) bond motifs is 2. The largest absolute Gasteiger partial charge is 0.492 e. The first-order valence-electron chi connectivity index (χ1n) is 10.7. The van der Waals surface area contributed by atoms with E-state index in [1.54, 1.807) is 4.57 Å². The van der Waals surface area contributed by atoms with E-state index in [9.17, 15) is 13.2 Å². The first-order chi connectivity index (χ1) is 15.3. The molecule has 0 unspecified atom stereocenters. The summed E-state index contributed by atoms with van der Waals surface area (Å²) in [5.41, 5.74) is 7.61. The van der Waals surface area contributed by atoms with E-state index < -0.39 is 11.9 Å². The van der Waals surface area contributed by atoms with Crippen LogP contribution in [0.2, 0.25) is 0 Å². The molecule has 0 aliphatic carbocycles. The number of ether oxygens (including phenoxy) is 2. The predicted molar refractivity (Wildman–Crippen MR) is 109 cm³/mol. The van der Waals surface area contributed by atoms with Crippen molar-refractivity contribution in [3.8, 4) is 11.4 Å². The lowest BCUT2D eigenvalue weighted by Gasteiger charge is -2.39. The number of benzene rings is 1. The zero-order chi connectivity index (χ0) is 22.1. The number of nitrogen functional groups attached to an aromatic ring is 1. The molecular weight excluding hydrogens is 423 g/mol. The van der Waals surface area contributed by atoms with Crippen molar-refractivity contribution in [2.45, 2.75) is 25.1 Å². The van der Waals surface area contributed by atoms with E-state index in [-0.39, 0.29) is 22.9 Å². The topological polar surface area (TPSA) is 80.3 Å². The lowest BCUT2D eigenvalue weighted by molar-refractivity contribution is -0.582. The minimum Gasteiger partial charge on any atom is -0.492 e. The van der Waals surface area contributed by atoms with Gasteiger partial charge in [0.05, 0.1) is 13.2 Å². The fourth-order valence-corrected chi connectivity index (χ4v) is 5.14. The molecule has 32 heavy (non-hydrogen) atoms. The minimum atomic E-state index is -4.50. The number of hydrogen-bond acceptors (Lipinski definition) is 5. The van der Waals surface area contributed by atoms with Crippen LogP contribution in [0, 0.1) is 5.41 Å². The molecule has 3 N–H and O–H groups in total. The maximum atomic E-state index is 13.1. The lowest BCUT2D eigenvalue weighted by atomic mass is 9.85. The average Bonchev–Trinajstić information content (AvgIpc) is 3.39. The molecule has 1 aromatic carbocycles. The molecule has 6 rings (SSSR count). The third-order valence-electron chi connectivity index (χ3n) is 6.98. The van der Waals surface area contributed by atoms with Crippen LogP contribution in [0.1, 0.15) is 17.7 Å². The van der Waals surface area contributed by atoms with Gasteiger partial charge in [-0.15, -0.1) is 0 Å².